The van der Waals surface area contributed by atoms with Crippen molar-refractivity contribution in [1.29, 1.82) is 5.26 Å². The Hall–Kier alpha value is -3.70. The number of aromatic nitrogens is 2. The van der Waals surface area contributed by atoms with Gasteiger partial charge in [0.15, 0.2) is 5.82 Å². The summed E-state index contributed by atoms with van der Waals surface area (Å²) in [5, 5.41) is 17.2. The lowest BCUT2D eigenvalue weighted by molar-refractivity contribution is 0.0733. The van der Waals surface area contributed by atoms with Crippen LogP contribution in [0.2, 0.25) is 5.02 Å². The lowest BCUT2D eigenvalue weighted by atomic mass is 9.76. The van der Waals surface area contributed by atoms with Gasteiger partial charge in [-0.25, -0.2) is 23.1 Å². The lowest BCUT2D eigenvalue weighted by Gasteiger charge is -2.44. The third-order valence-electron chi connectivity index (χ3n) is 10.2. The maximum Gasteiger partial charge on any atom is 0.289 e. The second-order valence-electron chi connectivity index (χ2n) is 13.3. The summed E-state index contributed by atoms with van der Waals surface area (Å²) in [6.07, 6.45) is 4.03. The topological polar surface area (TPSA) is 123 Å². The number of benzene rings is 2. The SMILES string of the molecule is N#Cc1c(N)sc2c(F)ccc(-c3c(Cl)cc4c(N5CC6CCC(C5)N6)nc(C(=O)NC5(CN6CC[C@@H](F)C6)CCC5)nc4c3F)c12. The zero-order valence-electron chi connectivity index (χ0n) is 25.4. The summed E-state index contributed by atoms with van der Waals surface area (Å²) >= 11 is 7.74. The van der Waals surface area contributed by atoms with E-state index < -0.39 is 29.3 Å². The van der Waals surface area contributed by atoms with E-state index in [0.717, 1.165) is 43.4 Å². The molecule has 0 radical (unpaired) electrons. The van der Waals surface area contributed by atoms with Crippen LogP contribution in [0.5, 0.6) is 0 Å². The van der Waals surface area contributed by atoms with Crippen LogP contribution in [0.3, 0.4) is 0 Å². The number of piperazine rings is 1. The molecule has 4 fully saturated rings. The predicted molar refractivity (Wildman–Crippen MR) is 177 cm³/mol. The fourth-order valence-electron chi connectivity index (χ4n) is 7.83. The number of hydrogen-bond acceptors (Lipinski definition) is 9. The molecule has 14 heteroatoms. The molecular weight excluding hydrogens is 649 g/mol. The molecule has 1 aliphatic carbocycles. The number of hydrogen-bond donors (Lipinski definition) is 3. The largest absolute Gasteiger partial charge is 0.389 e. The van der Waals surface area contributed by atoms with Gasteiger partial charge in [-0.05, 0) is 56.2 Å². The number of likely N-dealkylation sites (tertiary alicyclic amines) is 1. The zero-order valence-corrected chi connectivity index (χ0v) is 27.0. The van der Waals surface area contributed by atoms with Gasteiger partial charge in [-0.1, -0.05) is 17.7 Å². The summed E-state index contributed by atoms with van der Waals surface area (Å²) in [7, 11) is 0. The first-order chi connectivity index (χ1) is 22.6. The average molecular weight is 681 g/mol. The summed E-state index contributed by atoms with van der Waals surface area (Å²) in [6, 6.07) is 6.64. The minimum atomic E-state index is -0.871. The van der Waals surface area contributed by atoms with Crippen LogP contribution < -0.4 is 21.3 Å². The summed E-state index contributed by atoms with van der Waals surface area (Å²) < 4.78 is 45.9. The lowest BCUT2D eigenvalue weighted by Crippen LogP contribution is -2.59. The maximum absolute atomic E-state index is 17.0. The van der Waals surface area contributed by atoms with Crippen molar-refractivity contribution in [1.82, 2.24) is 25.5 Å². The quantitative estimate of drug-likeness (QED) is 0.243. The fraction of sp³-hybridized carbons (Fsp3) is 0.455. The first-order valence-corrected chi connectivity index (χ1v) is 17.1. The molecule has 47 heavy (non-hydrogen) atoms. The Morgan fingerprint density at radius 2 is 1.96 bits per heavy atom. The number of fused-ring (bicyclic) bond motifs is 4. The van der Waals surface area contributed by atoms with Gasteiger partial charge in [0.1, 0.15) is 34.4 Å². The number of carbonyl (C=O) groups is 1. The number of nitrogens with zero attached hydrogens (tertiary/aromatic N) is 5. The predicted octanol–water partition coefficient (Wildman–Crippen LogP) is 5.53. The van der Waals surface area contributed by atoms with Crippen LogP contribution in [-0.2, 0) is 0 Å². The zero-order chi connectivity index (χ0) is 32.6. The molecule has 0 spiro atoms. The smallest absolute Gasteiger partial charge is 0.289 e. The molecule has 2 aromatic carbocycles. The van der Waals surface area contributed by atoms with Crippen molar-refractivity contribution in [3.63, 3.8) is 0 Å². The van der Waals surface area contributed by atoms with Gasteiger partial charge in [0, 0.05) is 61.1 Å². The van der Waals surface area contributed by atoms with Crippen LogP contribution >= 0.6 is 22.9 Å². The highest BCUT2D eigenvalue weighted by Crippen LogP contribution is 2.46. The molecule has 2 bridgehead atoms. The fourth-order valence-corrected chi connectivity index (χ4v) is 9.07. The number of carbonyl (C=O) groups excluding carboxylic acids is 1. The Morgan fingerprint density at radius 3 is 2.62 bits per heavy atom. The van der Waals surface area contributed by atoms with Gasteiger partial charge in [-0.3, -0.25) is 9.69 Å². The highest BCUT2D eigenvalue weighted by molar-refractivity contribution is 7.23. The number of nitriles is 1. The number of thiophene rings is 1. The molecule has 2 aromatic heterocycles. The molecule has 9 nitrogen and oxygen atoms in total. The van der Waals surface area contributed by atoms with Gasteiger partial charge in [0.2, 0.25) is 5.82 Å². The van der Waals surface area contributed by atoms with E-state index >= 15 is 4.39 Å². The van der Waals surface area contributed by atoms with Gasteiger partial charge in [0.25, 0.3) is 5.91 Å². The normalized spacial score (nSPS) is 23.7. The molecule has 1 saturated carbocycles. The molecule has 3 aliphatic heterocycles. The third-order valence-corrected chi connectivity index (χ3v) is 11.5. The third kappa shape index (κ3) is 5.17. The number of halogens is 4. The van der Waals surface area contributed by atoms with Gasteiger partial charge in [0.05, 0.1) is 20.8 Å². The molecule has 4 aromatic rings. The van der Waals surface area contributed by atoms with Crippen LogP contribution in [0.15, 0.2) is 18.2 Å². The Kier molecular flexibility index (Phi) is 7.48. The van der Waals surface area contributed by atoms with Gasteiger partial charge < -0.3 is 21.3 Å². The van der Waals surface area contributed by atoms with Crippen molar-refractivity contribution in [3.05, 3.63) is 46.2 Å². The van der Waals surface area contributed by atoms with Crippen LogP contribution in [0, 0.1) is 23.0 Å². The Labute approximate surface area is 277 Å². The molecule has 4 N–H and O–H groups in total. The minimum absolute atomic E-state index is 0.0296. The standard InChI is InChI=1S/C33H32ClF3N8OS/c34-22-10-20-27(26(37)25(22)19-4-5-23(36)28-24(19)21(11-38)29(39)47-28)41-30(42-31(20)45-13-17-2-3-18(14-45)40-17)32(46)43-33(7-1-8-33)15-44-9-6-16(35)12-44/h4-5,10,16-18,40H,1-3,6-9,12-15,39H2,(H,43,46)/t16-,17?,18?/m1/s1. The molecule has 1 amide bonds. The Bertz CT molecular complexity index is 1980. The van der Waals surface area contributed by atoms with Gasteiger partial charge >= 0.3 is 0 Å². The summed E-state index contributed by atoms with van der Waals surface area (Å²) in [6.45, 7) is 2.74. The Morgan fingerprint density at radius 1 is 1.19 bits per heavy atom. The number of amides is 1. The van der Waals surface area contributed by atoms with E-state index in [-0.39, 0.29) is 60.2 Å². The molecule has 2 unspecified atom stereocenters. The van der Waals surface area contributed by atoms with Crippen molar-refractivity contribution in [3.8, 4) is 17.2 Å². The molecule has 3 saturated heterocycles. The van der Waals surface area contributed by atoms with Gasteiger partial charge in [-0.2, -0.15) is 5.26 Å². The van der Waals surface area contributed by atoms with Gasteiger partial charge in [-0.15, -0.1) is 11.3 Å². The molecule has 244 valence electrons. The monoisotopic (exact) mass is 680 g/mol. The average Bonchev–Trinajstić information content (AvgIpc) is 3.71. The molecular formula is C33H32ClF3N8OS. The Balaban J connectivity index is 1.26. The highest BCUT2D eigenvalue weighted by Gasteiger charge is 2.42. The van der Waals surface area contributed by atoms with Crippen molar-refractivity contribution in [2.75, 3.05) is 43.4 Å². The van der Waals surface area contributed by atoms with Crippen molar-refractivity contribution in [2.24, 2.45) is 0 Å². The van der Waals surface area contributed by atoms with E-state index in [9.17, 15) is 18.8 Å². The number of nitrogen functional groups attached to an aromatic ring is 1. The summed E-state index contributed by atoms with van der Waals surface area (Å²) in [5.74, 6) is -1.69. The molecule has 4 aliphatic rings. The van der Waals surface area contributed by atoms with E-state index in [1.54, 1.807) is 6.07 Å². The second kappa shape index (κ2) is 11.5. The minimum Gasteiger partial charge on any atom is -0.389 e. The van der Waals surface area contributed by atoms with E-state index in [4.69, 9.17) is 22.3 Å². The summed E-state index contributed by atoms with van der Waals surface area (Å²) in [4.78, 5) is 27.3. The van der Waals surface area contributed by atoms with E-state index in [0.29, 0.717) is 50.3 Å². The first-order valence-electron chi connectivity index (χ1n) is 15.9. The van der Waals surface area contributed by atoms with Crippen molar-refractivity contribution < 1.29 is 18.0 Å². The van der Waals surface area contributed by atoms with E-state index in [1.807, 2.05) is 11.0 Å². The van der Waals surface area contributed by atoms with Crippen molar-refractivity contribution >= 4 is 60.7 Å². The van der Waals surface area contributed by atoms with Crippen LogP contribution in [-0.4, -0.2) is 77.3 Å². The van der Waals surface area contributed by atoms with E-state index in [1.165, 1.54) is 12.1 Å². The molecule has 8 rings (SSSR count). The van der Waals surface area contributed by atoms with Crippen LogP contribution in [0.25, 0.3) is 32.1 Å². The number of nitrogens with two attached hydrogens (primary N) is 1. The number of alkyl halides is 1. The molecule has 5 heterocycles. The number of rotatable bonds is 6. The maximum atomic E-state index is 17.0. The van der Waals surface area contributed by atoms with Crippen molar-refractivity contribution in [2.45, 2.75) is 62.3 Å². The first kappa shape index (κ1) is 30.6. The molecule has 3 atom stereocenters. The number of anilines is 2. The number of nitrogens with one attached hydrogen (secondary N) is 2. The second-order valence-corrected chi connectivity index (χ2v) is 14.8. The highest BCUT2D eigenvalue weighted by atomic mass is 35.5. The summed E-state index contributed by atoms with van der Waals surface area (Å²) in [5.41, 5.74) is 5.59. The van der Waals surface area contributed by atoms with Crippen LogP contribution in [0.4, 0.5) is 24.0 Å². The van der Waals surface area contributed by atoms with Crippen LogP contribution in [0.1, 0.15) is 54.7 Å². The van der Waals surface area contributed by atoms with E-state index in [2.05, 4.69) is 20.5 Å².